The molecule has 16 heteroatoms. The number of ether oxygens (including phenoxy) is 6. The maximum atomic E-state index is 13.3. The number of allylic oxidation sites excluding steroid dienone is 1. The average Bonchev–Trinajstić information content (AvgIpc) is 3.67. The Kier molecular flexibility index (Phi) is 17.8. The monoisotopic (exact) mass is 810 g/mol. The topological polar surface area (TPSA) is 205 Å². The van der Waals surface area contributed by atoms with Crippen LogP contribution in [0.1, 0.15) is 90.4 Å². The van der Waals surface area contributed by atoms with Crippen LogP contribution in [0.4, 0.5) is 0 Å². The highest BCUT2D eigenvalue weighted by Gasteiger charge is 2.36. The summed E-state index contributed by atoms with van der Waals surface area (Å²) in [6, 6.07) is 6.81. The Morgan fingerprint density at radius 2 is 1.02 bits per heavy atom. The number of nitriles is 2. The van der Waals surface area contributed by atoms with E-state index in [1.54, 1.807) is 6.92 Å². The van der Waals surface area contributed by atoms with Crippen LogP contribution < -0.4 is 9.47 Å². The standard InChI is InChI=1S/C40H46N2O12S2/c1-3-32(43)49-19-5-7-21-51-36(45)25-9-13-27(14-10-25)38(47)53-30-17-18-31(35-34(30)55-40(56-35)29(23-41)24-42)54-39(48)28-15-11-26(12-16-28)37(46)52-22-8-6-20-50-33(44)4-2/h3,17-18,25-28H,1,4-16,19-22H2,2H3. The minimum Gasteiger partial charge on any atom is -0.466 e. The number of esters is 6. The lowest BCUT2D eigenvalue weighted by Gasteiger charge is -2.26. The van der Waals surface area contributed by atoms with Gasteiger partial charge in [-0.05, 0) is 89.2 Å². The highest BCUT2D eigenvalue weighted by Crippen LogP contribution is 2.59. The van der Waals surface area contributed by atoms with Crippen LogP contribution in [0.15, 0.2) is 44.4 Å². The van der Waals surface area contributed by atoms with Gasteiger partial charge in [0.25, 0.3) is 0 Å². The quantitative estimate of drug-likeness (QED) is 0.0369. The molecular formula is C40H46N2O12S2. The van der Waals surface area contributed by atoms with E-state index in [9.17, 15) is 39.3 Å². The third kappa shape index (κ3) is 12.9. The van der Waals surface area contributed by atoms with Crippen molar-refractivity contribution >= 4 is 59.3 Å². The van der Waals surface area contributed by atoms with Crippen LogP contribution in [-0.4, -0.2) is 62.2 Å². The number of benzene rings is 1. The smallest absolute Gasteiger partial charge is 0.330 e. The SMILES string of the molecule is C=CC(=O)OCCCCOC(=O)C1CCC(C(=O)Oc2ccc(OC(=O)C3CCC(C(=O)OCCCCOC(=O)CC)CC3)c3c2SC(=C(C#N)C#N)S3)CC1. The largest absolute Gasteiger partial charge is 0.466 e. The molecule has 1 heterocycles. The molecule has 0 saturated heterocycles. The zero-order valence-corrected chi connectivity index (χ0v) is 33.0. The summed E-state index contributed by atoms with van der Waals surface area (Å²) in [5, 5.41) is 19.1. The summed E-state index contributed by atoms with van der Waals surface area (Å²) in [6.45, 7) is 5.98. The fourth-order valence-electron chi connectivity index (χ4n) is 6.33. The summed E-state index contributed by atoms with van der Waals surface area (Å²) in [4.78, 5) is 75.1. The molecule has 0 radical (unpaired) electrons. The maximum Gasteiger partial charge on any atom is 0.330 e. The van der Waals surface area contributed by atoms with E-state index < -0.39 is 29.7 Å². The minimum atomic E-state index is -0.502. The van der Waals surface area contributed by atoms with Gasteiger partial charge in [0.2, 0.25) is 0 Å². The molecule has 3 aliphatic rings. The number of fused-ring (bicyclic) bond motifs is 1. The fourth-order valence-corrected chi connectivity index (χ4v) is 8.81. The first kappa shape index (κ1) is 43.9. The molecule has 0 bridgehead atoms. The van der Waals surface area contributed by atoms with E-state index >= 15 is 0 Å². The van der Waals surface area contributed by atoms with Crippen LogP contribution >= 0.6 is 23.5 Å². The Morgan fingerprint density at radius 3 is 1.39 bits per heavy atom. The van der Waals surface area contributed by atoms with Crippen molar-refractivity contribution in [2.24, 2.45) is 23.7 Å². The molecule has 2 saturated carbocycles. The van der Waals surface area contributed by atoms with Gasteiger partial charge in [0.1, 0.15) is 29.2 Å². The molecule has 0 atom stereocenters. The number of hydrogen-bond donors (Lipinski definition) is 0. The Labute approximate surface area is 334 Å². The predicted octanol–water partition coefficient (Wildman–Crippen LogP) is 6.90. The number of thioether (sulfide) groups is 2. The van der Waals surface area contributed by atoms with Crippen molar-refractivity contribution in [2.75, 3.05) is 26.4 Å². The number of hydrogen-bond acceptors (Lipinski definition) is 16. The molecule has 4 rings (SSSR count). The van der Waals surface area contributed by atoms with Crippen molar-refractivity contribution in [3.63, 3.8) is 0 Å². The van der Waals surface area contributed by atoms with Crippen LogP contribution in [0.25, 0.3) is 0 Å². The van der Waals surface area contributed by atoms with Crippen LogP contribution in [0.5, 0.6) is 11.5 Å². The number of nitrogens with zero attached hydrogens (tertiary/aromatic N) is 2. The van der Waals surface area contributed by atoms with E-state index in [-0.39, 0.29) is 73.2 Å². The second kappa shape index (κ2) is 22.7. The van der Waals surface area contributed by atoms with Gasteiger partial charge in [-0.1, -0.05) is 37.0 Å². The van der Waals surface area contributed by atoms with Crippen molar-refractivity contribution in [1.82, 2.24) is 0 Å². The van der Waals surface area contributed by atoms with Gasteiger partial charge in [0.05, 0.1) is 64.1 Å². The normalized spacial score (nSPS) is 19.9. The van der Waals surface area contributed by atoms with Crippen LogP contribution in [-0.2, 0) is 47.7 Å². The Bertz CT molecular complexity index is 1730. The van der Waals surface area contributed by atoms with Crippen molar-refractivity contribution in [1.29, 1.82) is 10.5 Å². The molecular weight excluding hydrogens is 765 g/mol. The van der Waals surface area contributed by atoms with Crippen molar-refractivity contribution in [3.8, 4) is 23.6 Å². The van der Waals surface area contributed by atoms with Gasteiger partial charge < -0.3 is 28.4 Å². The van der Waals surface area contributed by atoms with E-state index in [1.807, 2.05) is 12.1 Å². The first-order chi connectivity index (χ1) is 27.1. The van der Waals surface area contributed by atoms with Crippen molar-refractivity contribution in [3.05, 3.63) is 34.6 Å². The van der Waals surface area contributed by atoms with Gasteiger partial charge in [-0.15, -0.1) is 0 Å². The summed E-state index contributed by atoms with van der Waals surface area (Å²) in [5.74, 6) is -3.53. The fraction of sp³-hybridized carbons (Fsp3) is 0.550. The zero-order valence-electron chi connectivity index (χ0n) is 31.4. The van der Waals surface area contributed by atoms with Gasteiger partial charge in [-0.3, -0.25) is 24.0 Å². The molecule has 0 spiro atoms. The molecule has 1 aromatic rings. The van der Waals surface area contributed by atoms with Gasteiger partial charge in [-0.2, -0.15) is 10.5 Å². The third-order valence-corrected chi connectivity index (χ3v) is 12.2. The van der Waals surface area contributed by atoms with Gasteiger partial charge in [-0.25, -0.2) is 4.79 Å². The van der Waals surface area contributed by atoms with Crippen LogP contribution in [0.2, 0.25) is 0 Å². The van der Waals surface area contributed by atoms with Gasteiger partial charge >= 0.3 is 35.8 Å². The molecule has 0 N–H and O–H groups in total. The van der Waals surface area contributed by atoms with Gasteiger partial charge in [0.15, 0.2) is 0 Å². The summed E-state index contributed by atoms with van der Waals surface area (Å²) in [5.41, 5.74) is -0.128. The van der Waals surface area contributed by atoms with Crippen LogP contribution in [0, 0.1) is 46.3 Å². The maximum absolute atomic E-state index is 13.3. The average molecular weight is 811 g/mol. The zero-order chi connectivity index (χ0) is 40.5. The second-order valence-corrected chi connectivity index (χ2v) is 15.7. The first-order valence-electron chi connectivity index (χ1n) is 18.9. The lowest BCUT2D eigenvalue weighted by molar-refractivity contribution is -0.152. The molecule has 0 unspecified atom stereocenters. The molecule has 1 aromatic carbocycles. The molecule has 2 fully saturated rings. The molecule has 56 heavy (non-hydrogen) atoms. The summed E-state index contributed by atoms with van der Waals surface area (Å²) in [7, 11) is 0. The van der Waals surface area contributed by atoms with E-state index in [2.05, 4.69) is 6.58 Å². The van der Waals surface area contributed by atoms with Crippen molar-refractivity contribution < 1.29 is 57.2 Å². The number of carbonyl (C=O) groups is 6. The van der Waals surface area contributed by atoms with Crippen LogP contribution in [0.3, 0.4) is 0 Å². The Morgan fingerprint density at radius 1 is 0.643 bits per heavy atom. The Hall–Kier alpha value is -4.80. The first-order valence-corrected chi connectivity index (χ1v) is 20.5. The molecule has 300 valence electrons. The second-order valence-electron chi connectivity index (χ2n) is 13.4. The highest BCUT2D eigenvalue weighted by atomic mass is 32.2. The summed E-state index contributed by atoms with van der Waals surface area (Å²) in [6.07, 6.45) is 7.19. The number of rotatable bonds is 18. The van der Waals surface area contributed by atoms with Gasteiger partial charge in [0, 0.05) is 12.5 Å². The molecule has 14 nitrogen and oxygen atoms in total. The summed E-state index contributed by atoms with van der Waals surface area (Å²) >= 11 is 2.17. The van der Waals surface area contributed by atoms with E-state index in [0.717, 1.165) is 29.6 Å². The lowest BCUT2D eigenvalue weighted by Crippen LogP contribution is -2.30. The Balaban J connectivity index is 1.28. The minimum absolute atomic E-state index is 0.128. The van der Waals surface area contributed by atoms with E-state index in [4.69, 9.17) is 28.4 Å². The molecule has 1 aliphatic heterocycles. The molecule has 0 aromatic heterocycles. The summed E-state index contributed by atoms with van der Waals surface area (Å²) < 4.78 is 32.8. The van der Waals surface area contributed by atoms with E-state index in [0.29, 0.717) is 97.5 Å². The predicted molar refractivity (Wildman–Crippen MR) is 201 cm³/mol. The van der Waals surface area contributed by atoms with Crippen molar-refractivity contribution in [2.45, 2.75) is 100 Å². The third-order valence-electron chi connectivity index (χ3n) is 9.59. The highest BCUT2D eigenvalue weighted by molar-refractivity contribution is 8.24. The number of carbonyl (C=O) groups excluding carboxylic acids is 6. The molecule has 2 aliphatic carbocycles. The number of unbranched alkanes of at least 4 members (excludes halogenated alkanes) is 2. The van der Waals surface area contributed by atoms with E-state index in [1.165, 1.54) is 12.1 Å². The lowest BCUT2D eigenvalue weighted by atomic mass is 9.82. The molecule has 0 amide bonds.